The van der Waals surface area contributed by atoms with Crippen LogP contribution in [0.5, 0.6) is 17.2 Å². The second kappa shape index (κ2) is 18.5. The van der Waals surface area contributed by atoms with Crippen molar-refractivity contribution in [1.82, 2.24) is 4.90 Å². The average molecular weight is 741 g/mol. The lowest BCUT2D eigenvalue weighted by Gasteiger charge is -2.32. The average Bonchev–Trinajstić information content (AvgIpc) is 3.15. The number of carbonyl (C=O) groups is 3. The SMILES string of the molecule is COc1cc(C(C#N)(CCC(=O)OCCCN(CCCOC(=O)c2c3ccccc3cc3ccccc23)C(=O)OC(C)(C)C)C(C)C)cc(OC)c1OC. The molecule has 0 saturated heterocycles. The molecule has 0 heterocycles. The van der Waals surface area contributed by atoms with Gasteiger partial charge in [-0.05, 0) is 91.3 Å². The van der Waals surface area contributed by atoms with Crippen LogP contribution in [0.15, 0.2) is 66.7 Å². The Morgan fingerprint density at radius 3 is 1.80 bits per heavy atom. The molecule has 0 aliphatic heterocycles. The molecular weight excluding hydrogens is 688 g/mol. The van der Waals surface area contributed by atoms with Gasteiger partial charge in [0, 0.05) is 19.5 Å². The van der Waals surface area contributed by atoms with Gasteiger partial charge >= 0.3 is 18.0 Å². The second-order valence-electron chi connectivity index (χ2n) is 14.4. The number of fused-ring (bicyclic) bond motifs is 2. The molecule has 0 saturated carbocycles. The molecular formula is C43H52N2O9. The van der Waals surface area contributed by atoms with Crippen molar-refractivity contribution in [2.45, 2.75) is 71.3 Å². The molecule has 0 aliphatic carbocycles. The van der Waals surface area contributed by atoms with E-state index in [9.17, 15) is 19.6 Å². The first kappa shape index (κ1) is 41.3. The van der Waals surface area contributed by atoms with Crippen molar-refractivity contribution >= 4 is 39.6 Å². The molecule has 0 aliphatic rings. The molecule has 1 unspecified atom stereocenters. The predicted octanol–water partition coefficient (Wildman–Crippen LogP) is 8.63. The highest BCUT2D eigenvalue weighted by Crippen LogP contribution is 2.45. The number of ether oxygens (including phenoxy) is 6. The lowest BCUT2D eigenvalue weighted by molar-refractivity contribution is -0.144. The van der Waals surface area contributed by atoms with E-state index in [0.29, 0.717) is 41.2 Å². The number of esters is 2. The van der Waals surface area contributed by atoms with E-state index in [2.05, 4.69) is 12.1 Å². The number of nitriles is 1. The van der Waals surface area contributed by atoms with Gasteiger partial charge in [0.25, 0.3) is 0 Å². The number of carbonyl (C=O) groups excluding carboxylic acids is 3. The van der Waals surface area contributed by atoms with E-state index >= 15 is 0 Å². The van der Waals surface area contributed by atoms with E-state index in [-0.39, 0.29) is 45.1 Å². The first-order chi connectivity index (χ1) is 25.8. The molecule has 4 aromatic carbocycles. The van der Waals surface area contributed by atoms with E-state index in [0.717, 1.165) is 21.5 Å². The van der Waals surface area contributed by atoms with Gasteiger partial charge < -0.3 is 33.3 Å². The highest BCUT2D eigenvalue weighted by Gasteiger charge is 2.38. The summed E-state index contributed by atoms with van der Waals surface area (Å²) in [6.07, 6.45) is 0.416. The van der Waals surface area contributed by atoms with Crippen molar-refractivity contribution in [2.24, 2.45) is 5.92 Å². The van der Waals surface area contributed by atoms with Crippen LogP contribution in [-0.4, -0.2) is 76.2 Å². The van der Waals surface area contributed by atoms with Crippen LogP contribution in [0.2, 0.25) is 0 Å². The van der Waals surface area contributed by atoms with Gasteiger partial charge in [-0.2, -0.15) is 5.26 Å². The summed E-state index contributed by atoms with van der Waals surface area (Å²) in [4.78, 5) is 41.1. The van der Waals surface area contributed by atoms with Gasteiger partial charge in [-0.3, -0.25) is 4.79 Å². The van der Waals surface area contributed by atoms with Crippen LogP contribution in [-0.2, 0) is 24.4 Å². The van der Waals surface area contributed by atoms with Gasteiger partial charge in [-0.1, -0.05) is 62.4 Å². The van der Waals surface area contributed by atoms with Crippen molar-refractivity contribution in [1.29, 1.82) is 5.26 Å². The summed E-state index contributed by atoms with van der Waals surface area (Å²) < 4.78 is 33.4. The summed E-state index contributed by atoms with van der Waals surface area (Å²) in [5, 5.41) is 14.0. The third-order valence-corrected chi connectivity index (χ3v) is 9.36. The van der Waals surface area contributed by atoms with Crippen molar-refractivity contribution in [3.63, 3.8) is 0 Å². The molecule has 4 aromatic rings. The number of hydrogen-bond acceptors (Lipinski definition) is 10. The maximum Gasteiger partial charge on any atom is 0.410 e. The predicted molar refractivity (Wildman–Crippen MR) is 207 cm³/mol. The molecule has 54 heavy (non-hydrogen) atoms. The van der Waals surface area contributed by atoms with Crippen LogP contribution in [0.3, 0.4) is 0 Å². The highest BCUT2D eigenvalue weighted by atomic mass is 16.6. The number of methoxy groups -OCH3 is 3. The Morgan fingerprint density at radius 1 is 0.778 bits per heavy atom. The van der Waals surface area contributed by atoms with Crippen LogP contribution in [0.1, 0.15) is 76.2 Å². The highest BCUT2D eigenvalue weighted by molar-refractivity contribution is 6.16. The number of nitrogens with zero attached hydrogens (tertiary/aromatic N) is 2. The zero-order valence-electron chi connectivity index (χ0n) is 32.7. The molecule has 0 spiro atoms. The Balaban J connectivity index is 1.35. The number of hydrogen-bond donors (Lipinski definition) is 0. The topological polar surface area (TPSA) is 134 Å². The Labute approximate surface area is 318 Å². The monoisotopic (exact) mass is 740 g/mol. The summed E-state index contributed by atoms with van der Waals surface area (Å²) in [5.41, 5.74) is -0.598. The minimum absolute atomic E-state index is 0.00443. The molecule has 0 bridgehead atoms. The fraction of sp³-hybridized carbons (Fsp3) is 0.442. The number of amides is 1. The van der Waals surface area contributed by atoms with Gasteiger partial charge in [0.1, 0.15) is 5.60 Å². The first-order valence-corrected chi connectivity index (χ1v) is 18.2. The smallest absolute Gasteiger partial charge is 0.410 e. The van der Waals surface area contributed by atoms with Crippen molar-refractivity contribution < 1.29 is 42.8 Å². The van der Waals surface area contributed by atoms with Crippen LogP contribution >= 0.6 is 0 Å². The molecule has 11 nitrogen and oxygen atoms in total. The third kappa shape index (κ3) is 9.92. The van der Waals surface area contributed by atoms with Crippen LogP contribution in [0, 0.1) is 17.2 Å². The molecule has 4 rings (SSSR count). The molecule has 11 heteroatoms. The summed E-state index contributed by atoms with van der Waals surface area (Å²) in [5.74, 6) is 0.198. The Hall–Kier alpha value is -5.50. The lowest BCUT2D eigenvalue weighted by Crippen LogP contribution is -2.38. The van der Waals surface area contributed by atoms with Crippen molar-refractivity contribution in [2.75, 3.05) is 47.6 Å². The second-order valence-corrected chi connectivity index (χ2v) is 14.4. The first-order valence-electron chi connectivity index (χ1n) is 18.2. The van der Waals surface area contributed by atoms with E-state index < -0.39 is 29.0 Å². The molecule has 1 amide bonds. The molecule has 288 valence electrons. The number of benzene rings is 4. The Kier molecular flexibility index (Phi) is 14.1. The van der Waals surface area contributed by atoms with E-state index in [4.69, 9.17) is 28.4 Å². The fourth-order valence-corrected chi connectivity index (χ4v) is 6.51. The molecule has 0 radical (unpaired) electrons. The lowest BCUT2D eigenvalue weighted by atomic mass is 9.69. The van der Waals surface area contributed by atoms with Crippen molar-refractivity contribution in [3.8, 4) is 23.3 Å². The molecule has 0 aromatic heterocycles. The van der Waals surface area contributed by atoms with E-state index in [1.54, 1.807) is 32.9 Å². The summed E-state index contributed by atoms with van der Waals surface area (Å²) in [6, 6.07) is 23.4. The van der Waals surface area contributed by atoms with Gasteiger partial charge in [-0.15, -0.1) is 0 Å². The van der Waals surface area contributed by atoms with Crippen LogP contribution < -0.4 is 14.2 Å². The van der Waals surface area contributed by atoms with Crippen LogP contribution in [0.25, 0.3) is 21.5 Å². The maximum atomic E-state index is 13.4. The van der Waals surface area contributed by atoms with Gasteiger partial charge in [0.05, 0.1) is 51.6 Å². The summed E-state index contributed by atoms with van der Waals surface area (Å²) in [6.45, 7) is 9.89. The largest absolute Gasteiger partial charge is 0.493 e. The third-order valence-electron chi connectivity index (χ3n) is 9.36. The number of rotatable bonds is 17. The van der Waals surface area contributed by atoms with E-state index in [1.165, 1.54) is 26.2 Å². The molecule has 1 atom stereocenters. The fourth-order valence-electron chi connectivity index (χ4n) is 6.51. The maximum absolute atomic E-state index is 13.4. The summed E-state index contributed by atoms with van der Waals surface area (Å²) in [7, 11) is 4.53. The molecule has 0 fully saturated rings. The zero-order valence-corrected chi connectivity index (χ0v) is 32.7. The van der Waals surface area contributed by atoms with E-state index in [1.807, 2.05) is 62.4 Å². The van der Waals surface area contributed by atoms with Gasteiger partial charge in [0.2, 0.25) is 5.75 Å². The minimum Gasteiger partial charge on any atom is -0.493 e. The minimum atomic E-state index is -1.04. The van der Waals surface area contributed by atoms with Crippen molar-refractivity contribution in [3.05, 3.63) is 77.9 Å². The Bertz CT molecular complexity index is 1900. The quantitative estimate of drug-likeness (QED) is 0.0448. The summed E-state index contributed by atoms with van der Waals surface area (Å²) >= 11 is 0. The van der Waals surface area contributed by atoms with Crippen LogP contribution in [0.4, 0.5) is 4.79 Å². The zero-order chi connectivity index (χ0) is 39.5. The van der Waals surface area contributed by atoms with Gasteiger partial charge in [0.15, 0.2) is 11.5 Å². The molecule has 0 N–H and O–H groups in total. The Morgan fingerprint density at radius 2 is 1.31 bits per heavy atom. The standard InChI is InChI=1S/C43H52N2O9/c1-29(2)43(28-44,32-26-35(49-6)39(51-8)36(27-32)50-7)20-19-37(46)52-23-13-21-45(41(48)54-42(3,4)5)22-14-24-53-40(47)38-33-17-11-9-15-30(33)25-31-16-10-12-18-34(31)38/h9-12,15-18,25-27,29H,13-14,19-24H2,1-8H3. The van der Waals surface area contributed by atoms with Gasteiger partial charge in [-0.25, -0.2) is 9.59 Å². The normalized spacial score (nSPS) is 12.4.